The molecule has 0 atom stereocenters. The molecule has 1 aromatic carbocycles. The number of rotatable bonds is 4. The SMILES string of the molecule is CCS(=O)(=O)c1ccccc1NC(=O)c1ccc(Br)cn1. The smallest absolute Gasteiger partial charge is 0.274 e. The van der Waals surface area contributed by atoms with Crippen molar-refractivity contribution >= 4 is 37.4 Å². The molecule has 2 rings (SSSR count). The zero-order valence-electron chi connectivity index (χ0n) is 11.2. The minimum absolute atomic E-state index is 0.0313. The van der Waals surface area contributed by atoms with Crippen LogP contribution in [0.1, 0.15) is 17.4 Å². The number of hydrogen-bond donors (Lipinski definition) is 1. The van der Waals surface area contributed by atoms with Crippen molar-refractivity contribution < 1.29 is 13.2 Å². The molecule has 0 spiro atoms. The van der Waals surface area contributed by atoms with Crippen LogP contribution in [0.25, 0.3) is 0 Å². The van der Waals surface area contributed by atoms with Gasteiger partial charge in [0.2, 0.25) is 0 Å². The Kier molecular flexibility index (Phi) is 4.74. The molecular formula is C14H13BrN2O3S. The van der Waals surface area contributed by atoms with Gasteiger partial charge in [-0.2, -0.15) is 0 Å². The monoisotopic (exact) mass is 368 g/mol. The van der Waals surface area contributed by atoms with Crippen LogP contribution in [0.2, 0.25) is 0 Å². The van der Waals surface area contributed by atoms with Gasteiger partial charge in [-0.05, 0) is 40.2 Å². The van der Waals surface area contributed by atoms with Gasteiger partial charge >= 0.3 is 0 Å². The summed E-state index contributed by atoms with van der Waals surface area (Å²) < 4.78 is 24.8. The van der Waals surface area contributed by atoms with E-state index in [-0.39, 0.29) is 22.0 Å². The van der Waals surface area contributed by atoms with Gasteiger partial charge in [0.1, 0.15) is 5.69 Å². The summed E-state index contributed by atoms with van der Waals surface area (Å²) in [6, 6.07) is 9.56. The Labute approximate surface area is 131 Å². The predicted molar refractivity (Wildman–Crippen MR) is 84.1 cm³/mol. The molecule has 21 heavy (non-hydrogen) atoms. The largest absolute Gasteiger partial charge is 0.319 e. The van der Waals surface area contributed by atoms with Crippen molar-refractivity contribution in [2.24, 2.45) is 0 Å². The second-order valence-corrected chi connectivity index (χ2v) is 7.38. The van der Waals surface area contributed by atoms with Crippen LogP contribution >= 0.6 is 15.9 Å². The van der Waals surface area contributed by atoms with Crippen LogP contribution < -0.4 is 5.32 Å². The summed E-state index contributed by atoms with van der Waals surface area (Å²) in [5.41, 5.74) is 0.468. The number of nitrogens with one attached hydrogen (secondary N) is 1. The molecule has 0 bridgehead atoms. The zero-order valence-corrected chi connectivity index (χ0v) is 13.6. The number of amides is 1. The first-order chi connectivity index (χ1) is 9.94. The lowest BCUT2D eigenvalue weighted by molar-refractivity contribution is 0.102. The number of carbonyl (C=O) groups excluding carboxylic acids is 1. The predicted octanol–water partition coefficient (Wildman–Crippen LogP) is 2.89. The lowest BCUT2D eigenvalue weighted by atomic mass is 10.3. The van der Waals surface area contributed by atoms with Crippen molar-refractivity contribution in [3.05, 3.63) is 52.8 Å². The van der Waals surface area contributed by atoms with Gasteiger partial charge in [0.05, 0.1) is 16.3 Å². The van der Waals surface area contributed by atoms with Crippen molar-refractivity contribution in [1.82, 2.24) is 4.98 Å². The highest BCUT2D eigenvalue weighted by atomic mass is 79.9. The Bertz CT molecular complexity index is 758. The van der Waals surface area contributed by atoms with Crippen molar-refractivity contribution in [1.29, 1.82) is 0 Å². The Hall–Kier alpha value is -1.73. The molecule has 110 valence electrons. The summed E-state index contributed by atoms with van der Waals surface area (Å²) in [6.45, 7) is 1.56. The number of carbonyl (C=O) groups is 1. The summed E-state index contributed by atoms with van der Waals surface area (Å²) in [6.07, 6.45) is 1.50. The summed E-state index contributed by atoms with van der Waals surface area (Å²) >= 11 is 3.23. The quantitative estimate of drug-likeness (QED) is 0.899. The lowest BCUT2D eigenvalue weighted by Crippen LogP contribution is -2.16. The molecule has 1 heterocycles. The van der Waals surface area contributed by atoms with Gasteiger partial charge in [-0.1, -0.05) is 19.1 Å². The Morgan fingerprint density at radius 1 is 1.24 bits per heavy atom. The lowest BCUT2D eigenvalue weighted by Gasteiger charge is -2.10. The number of aromatic nitrogens is 1. The van der Waals surface area contributed by atoms with Crippen LogP contribution in [0, 0.1) is 0 Å². The highest BCUT2D eigenvalue weighted by molar-refractivity contribution is 9.10. The number of benzene rings is 1. The molecule has 5 nitrogen and oxygen atoms in total. The molecule has 1 N–H and O–H groups in total. The molecule has 0 saturated carbocycles. The molecule has 0 unspecified atom stereocenters. The van der Waals surface area contributed by atoms with Crippen molar-refractivity contribution in [2.75, 3.05) is 11.1 Å². The Morgan fingerprint density at radius 3 is 2.57 bits per heavy atom. The van der Waals surface area contributed by atoms with Crippen LogP contribution in [-0.2, 0) is 9.84 Å². The van der Waals surface area contributed by atoms with E-state index in [1.807, 2.05) is 0 Å². The van der Waals surface area contributed by atoms with E-state index in [0.717, 1.165) is 4.47 Å². The maximum Gasteiger partial charge on any atom is 0.274 e. The maximum atomic E-state index is 12.1. The number of para-hydroxylation sites is 1. The zero-order chi connectivity index (χ0) is 15.5. The maximum absolute atomic E-state index is 12.1. The van der Waals surface area contributed by atoms with Crippen LogP contribution in [-0.4, -0.2) is 25.1 Å². The minimum Gasteiger partial charge on any atom is -0.319 e. The van der Waals surface area contributed by atoms with Crippen LogP contribution in [0.3, 0.4) is 0 Å². The first-order valence-corrected chi connectivity index (χ1v) is 8.63. The fourth-order valence-corrected chi connectivity index (χ4v) is 2.98. The molecule has 7 heteroatoms. The standard InChI is InChI=1S/C14H13BrN2O3S/c1-2-21(19,20)13-6-4-3-5-11(13)17-14(18)12-8-7-10(15)9-16-12/h3-9H,2H2,1H3,(H,17,18). The minimum atomic E-state index is -3.41. The van der Waals surface area contributed by atoms with Crippen molar-refractivity contribution in [3.8, 4) is 0 Å². The topological polar surface area (TPSA) is 76.1 Å². The van der Waals surface area contributed by atoms with Gasteiger partial charge < -0.3 is 5.32 Å². The van der Waals surface area contributed by atoms with Crippen molar-refractivity contribution in [2.45, 2.75) is 11.8 Å². The third-order valence-corrected chi connectivity index (χ3v) is 5.07. The number of anilines is 1. The molecule has 2 aromatic rings. The highest BCUT2D eigenvalue weighted by Crippen LogP contribution is 2.22. The first kappa shape index (κ1) is 15.7. The molecule has 1 aromatic heterocycles. The molecule has 0 saturated heterocycles. The third-order valence-electron chi connectivity index (χ3n) is 2.81. The van der Waals surface area contributed by atoms with E-state index < -0.39 is 15.7 Å². The first-order valence-electron chi connectivity index (χ1n) is 6.18. The number of nitrogens with zero attached hydrogens (tertiary/aromatic N) is 1. The molecule has 0 aliphatic rings. The van der Waals surface area contributed by atoms with E-state index >= 15 is 0 Å². The fourth-order valence-electron chi connectivity index (χ4n) is 1.69. The number of halogens is 1. The summed E-state index contributed by atoms with van der Waals surface area (Å²) in [7, 11) is -3.41. The summed E-state index contributed by atoms with van der Waals surface area (Å²) in [4.78, 5) is 16.2. The average molecular weight is 369 g/mol. The van der Waals surface area contributed by atoms with Crippen LogP contribution in [0.4, 0.5) is 5.69 Å². The summed E-state index contributed by atoms with van der Waals surface area (Å²) in [5.74, 6) is -0.489. The number of sulfone groups is 1. The van der Waals surface area contributed by atoms with Gasteiger partial charge in [-0.15, -0.1) is 0 Å². The van der Waals surface area contributed by atoms with Crippen molar-refractivity contribution in [3.63, 3.8) is 0 Å². The van der Waals surface area contributed by atoms with Gasteiger partial charge in [-0.3, -0.25) is 4.79 Å². The Morgan fingerprint density at radius 2 is 1.95 bits per heavy atom. The molecule has 1 amide bonds. The van der Waals surface area contributed by atoms with E-state index in [1.165, 1.54) is 12.3 Å². The molecule has 0 aliphatic heterocycles. The van der Waals surface area contributed by atoms with E-state index in [1.54, 1.807) is 37.3 Å². The van der Waals surface area contributed by atoms with Gasteiger partial charge in [-0.25, -0.2) is 13.4 Å². The van der Waals surface area contributed by atoms with E-state index in [2.05, 4.69) is 26.2 Å². The third kappa shape index (κ3) is 3.68. The van der Waals surface area contributed by atoms with E-state index in [9.17, 15) is 13.2 Å². The second kappa shape index (κ2) is 6.36. The number of hydrogen-bond acceptors (Lipinski definition) is 4. The molecular weight excluding hydrogens is 356 g/mol. The van der Waals surface area contributed by atoms with Crippen LogP contribution in [0.5, 0.6) is 0 Å². The molecule has 0 radical (unpaired) electrons. The molecule has 0 aliphatic carbocycles. The Balaban J connectivity index is 2.32. The molecule has 0 fully saturated rings. The number of pyridine rings is 1. The van der Waals surface area contributed by atoms with Gasteiger partial charge in [0, 0.05) is 10.7 Å². The second-order valence-electron chi connectivity index (χ2n) is 4.22. The van der Waals surface area contributed by atoms with Gasteiger partial charge in [0.15, 0.2) is 9.84 Å². The normalized spacial score (nSPS) is 11.1. The van der Waals surface area contributed by atoms with E-state index in [0.29, 0.717) is 0 Å². The summed E-state index contributed by atoms with van der Waals surface area (Å²) in [5, 5.41) is 2.59. The average Bonchev–Trinajstić information content (AvgIpc) is 2.48. The highest BCUT2D eigenvalue weighted by Gasteiger charge is 2.18. The fraction of sp³-hybridized carbons (Fsp3) is 0.143. The van der Waals surface area contributed by atoms with E-state index in [4.69, 9.17) is 0 Å². The van der Waals surface area contributed by atoms with Crippen LogP contribution in [0.15, 0.2) is 52.0 Å². The van der Waals surface area contributed by atoms with Gasteiger partial charge in [0.25, 0.3) is 5.91 Å².